The predicted octanol–water partition coefficient (Wildman–Crippen LogP) is 8.25. The summed E-state index contributed by atoms with van der Waals surface area (Å²) in [6, 6.07) is 5.61. The Morgan fingerprint density at radius 3 is 2.16 bits per heavy atom. The summed E-state index contributed by atoms with van der Waals surface area (Å²) in [5.41, 5.74) is 0.946. The lowest BCUT2D eigenvalue weighted by Gasteiger charge is -2.38. The Kier molecular flexibility index (Phi) is 7.39. The third-order valence-corrected chi connectivity index (χ3v) is 7.44. The van der Waals surface area contributed by atoms with E-state index in [1.807, 2.05) is 12.1 Å². The molecule has 0 spiro atoms. The lowest BCUT2D eigenvalue weighted by atomic mass is 9.68. The minimum Gasteiger partial charge on any atom is -0.207 e. The van der Waals surface area contributed by atoms with Crippen LogP contribution >= 0.6 is 15.9 Å². The highest BCUT2D eigenvalue weighted by Gasteiger charge is 2.31. The molecular weight excluding hydrogens is 375 g/mol. The average Bonchev–Trinajstić information content (AvgIpc) is 2.63. The van der Waals surface area contributed by atoms with Crippen LogP contribution in [0.4, 0.5) is 4.39 Å². The van der Waals surface area contributed by atoms with Gasteiger partial charge in [0.2, 0.25) is 0 Å². The van der Waals surface area contributed by atoms with Crippen LogP contribution in [0.5, 0.6) is 0 Å². The molecule has 2 fully saturated rings. The van der Waals surface area contributed by atoms with Gasteiger partial charge in [-0.3, -0.25) is 0 Å². The van der Waals surface area contributed by atoms with Crippen molar-refractivity contribution in [2.45, 2.75) is 89.9 Å². The van der Waals surface area contributed by atoms with E-state index < -0.39 is 0 Å². The topological polar surface area (TPSA) is 0 Å². The van der Waals surface area contributed by atoms with Crippen LogP contribution in [0.1, 0.15) is 95.5 Å². The molecule has 2 aliphatic carbocycles. The molecule has 0 amide bonds. The number of unbranched alkanes of at least 4 members (excludes halogenated alkanes) is 2. The van der Waals surface area contributed by atoms with Gasteiger partial charge in [0, 0.05) is 4.47 Å². The molecule has 2 heteroatoms. The molecule has 0 N–H and O–H groups in total. The molecule has 0 nitrogen and oxygen atoms in total. The summed E-state index contributed by atoms with van der Waals surface area (Å²) in [4.78, 5) is 0. The molecule has 1 aromatic carbocycles. The molecule has 1 aromatic rings. The van der Waals surface area contributed by atoms with Crippen molar-refractivity contribution in [1.82, 2.24) is 0 Å². The summed E-state index contributed by atoms with van der Waals surface area (Å²) < 4.78 is 15.1. The number of hydrogen-bond donors (Lipinski definition) is 0. The molecule has 140 valence electrons. The molecule has 3 rings (SSSR count). The summed E-state index contributed by atoms with van der Waals surface area (Å²) in [5, 5.41) is 0. The lowest BCUT2D eigenvalue weighted by Crippen LogP contribution is -2.25. The Morgan fingerprint density at radius 1 is 0.920 bits per heavy atom. The van der Waals surface area contributed by atoms with Crippen molar-refractivity contribution in [1.29, 1.82) is 0 Å². The molecule has 2 aliphatic rings. The fourth-order valence-electron chi connectivity index (χ4n) is 5.37. The highest BCUT2D eigenvalue weighted by atomic mass is 79.9. The molecule has 0 aliphatic heterocycles. The third-order valence-electron chi connectivity index (χ3n) is 6.95. The number of rotatable bonds is 6. The monoisotopic (exact) mass is 408 g/mol. The molecule has 0 heterocycles. The maximum Gasteiger partial charge on any atom is 0.127 e. The van der Waals surface area contributed by atoms with E-state index in [0.29, 0.717) is 5.92 Å². The zero-order valence-corrected chi connectivity index (χ0v) is 17.4. The van der Waals surface area contributed by atoms with E-state index in [9.17, 15) is 4.39 Å². The minimum atomic E-state index is -0.0228. The van der Waals surface area contributed by atoms with Gasteiger partial charge in [-0.05, 0) is 79.9 Å². The average molecular weight is 409 g/mol. The first-order valence-corrected chi connectivity index (χ1v) is 11.4. The molecule has 0 saturated heterocycles. The van der Waals surface area contributed by atoms with Gasteiger partial charge in [0.05, 0.1) is 0 Å². The molecule has 25 heavy (non-hydrogen) atoms. The van der Waals surface area contributed by atoms with Crippen LogP contribution in [-0.4, -0.2) is 0 Å². The third kappa shape index (κ3) is 5.31. The standard InChI is InChI=1S/C23H34BrF/c1-2-3-4-5-17-6-8-18(9-7-17)19-10-12-20(13-11-19)22-15-14-21(24)16-23(22)25/h14-20H,2-13H2,1H3. The maximum absolute atomic E-state index is 14.2. The van der Waals surface area contributed by atoms with Gasteiger partial charge in [-0.25, -0.2) is 4.39 Å². The van der Waals surface area contributed by atoms with Gasteiger partial charge >= 0.3 is 0 Å². The van der Waals surface area contributed by atoms with Crippen LogP contribution in [0.15, 0.2) is 22.7 Å². The zero-order chi connectivity index (χ0) is 17.6. The molecule has 0 aromatic heterocycles. The molecule has 0 atom stereocenters. The summed E-state index contributed by atoms with van der Waals surface area (Å²) in [6.45, 7) is 2.30. The first-order chi connectivity index (χ1) is 12.2. The second-order valence-corrected chi connectivity index (χ2v) is 9.47. The van der Waals surface area contributed by atoms with Crippen molar-refractivity contribution < 1.29 is 4.39 Å². The van der Waals surface area contributed by atoms with Gasteiger partial charge in [-0.2, -0.15) is 0 Å². The predicted molar refractivity (Wildman–Crippen MR) is 108 cm³/mol. The number of hydrogen-bond acceptors (Lipinski definition) is 0. The summed E-state index contributed by atoms with van der Waals surface area (Å²) in [5.74, 6) is 3.29. The smallest absolute Gasteiger partial charge is 0.127 e. The van der Waals surface area contributed by atoms with Crippen LogP contribution in [0.2, 0.25) is 0 Å². The van der Waals surface area contributed by atoms with Crippen LogP contribution in [0, 0.1) is 23.6 Å². The van der Waals surface area contributed by atoms with Crippen molar-refractivity contribution in [3.05, 3.63) is 34.1 Å². The Bertz CT molecular complexity index is 525. The molecular formula is C23H34BrF. The minimum absolute atomic E-state index is 0.0228. The van der Waals surface area contributed by atoms with Gasteiger partial charge < -0.3 is 0 Å². The van der Waals surface area contributed by atoms with E-state index in [1.54, 1.807) is 6.07 Å². The first-order valence-electron chi connectivity index (χ1n) is 10.6. The quantitative estimate of drug-likeness (QED) is 0.415. The van der Waals surface area contributed by atoms with Crippen LogP contribution < -0.4 is 0 Å². The molecule has 0 unspecified atom stereocenters. The normalized spacial score (nSPS) is 30.4. The maximum atomic E-state index is 14.2. The number of benzene rings is 1. The van der Waals surface area contributed by atoms with Crippen molar-refractivity contribution in [3.8, 4) is 0 Å². The van der Waals surface area contributed by atoms with Crippen LogP contribution in [0.25, 0.3) is 0 Å². The highest BCUT2D eigenvalue weighted by Crippen LogP contribution is 2.45. The van der Waals surface area contributed by atoms with Gasteiger partial charge in [0.15, 0.2) is 0 Å². The van der Waals surface area contributed by atoms with E-state index in [2.05, 4.69) is 22.9 Å². The number of halogens is 2. The Labute approximate surface area is 162 Å². The van der Waals surface area contributed by atoms with Crippen LogP contribution in [-0.2, 0) is 0 Å². The van der Waals surface area contributed by atoms with Gasteiger partial charge in [-0.15, -0.1) is 0 Å². The van der Waals surface area contributed by atoms with Crippen molar-refractivity contribution in [2.24, 2.45) is 17.8 Å². The Morgan fingerprint density at radius 2 is 1.56 bits per heavy atom. The summed E-state index contributed by atoms with van der Waals surface area (Å²) in [6.07, 6.45) is 16.5. The summed E-state index contributed by atoms with van der Waals surface area (Å²) in [7, 11) is 0. The van der Waals surface area contributed by atoms with Crippen molar-refractivity contribution in [3.63, 3.8) is 0 Å². The molecule has 0 bridgehead atoms. The second-order valence-electron chi connectivity index (χ2n) is 8.55. The highest BCUT2D eigenvalue weighted by molar-refractivity contribution is 9.10. The SMILES string of the molecule is CCCCCC1CCC(C2CCC(c3ccc(Br)cc3F)CC2)CC1. The van der Waals surface area contributed by atoms with Gasteiger partial charge in [-0.1, -0.05) is 67.4 Å². The van der Waals surface area contributed by atoms with Crippen molar-refractivity contribution >= 4 is 15.9 Å². The van der Waals surface area contributed by atoms with Gasteiger partial charge in [0.25, 0.3) is 0 Å². The Balaban J connectivity index is 1.44. The summed E-state index contributed by atoms with van der Waals surface area (Å²) >= 11 is 3.37. The van der Waals surface area contributed by atoms with Crippen LogP contribution in [0.3, 0.4) is 0 Å². The molecule has 2 saturated carbocycles. The molecule has 0 radical (unpaired) electrons. The van der Waals surface area contributed by atoms with E-state index in [0.717, 1.165) is 27.8 Å². The van der Waals surface area contributed by atoms with Crippen molar-refractivity contribution in [2.75, 3.05) is 0 Å². The van der Waals surface area contributed by atoms with E-state index in [-0.39, 0.29) is 5.82 Å². The zero-order valence-electron chi connectivity index (χ0n) is 15.8. The first kappa shape index (κ1) is 19.4. The van der Waals surface area contributed by atoms with E-state index >= 15 is 0 Å². The fraction of sp³-hybridized carbons (Fsp3) is 0.739. The largest absolute Gasteiger partial charge is 0.207 e. The van der Waals surface area contributed by atoms with Gasteiger partial charge in [0.1, 0.15) is 5.82 Å². The fourth-order valence-corrected chi connectivity index (χ4v) is 5.70. The van der Waals surface area contributed by atoms with E-state index in [4.69, 9.17) is 0 Å². The van der Waals surface area contributed by atoms with E-state index in [1.165, 1.54) is 77.0 Å². The lowest BCUT2D eigenvalue weighted by molar-refractivity contribution is 0.155. The Hall–Kier alpha value is -0.370. The second kappa shape index (κ2) is 9.53.